The van der Waals surface area contributed by atoms with E-state index in [0.717, 1.165) is 31.5 Å². The summed E-state index contributed by atoms with van der Waals surface area (Å²) in [5, 5.41) is 6.18. The van der Waals surface area contributed by atoms with Gasteiger partial charge in [0.1, 0.15) is 5.75 Å². The van der Waals surface area contributed by atoms with Crippen LogP contribution in [-0.4, -0.2) is 38.8 Å². The van der Waals surface area contributed by atoms with Crippen molar-refractivity contribution < 1.29 is 14.3 Å². The average Bonchev–Trinajstić information content (AvgIpc) is 2.48. The van der Waals surface area contributed by atoms with Crippen LogP contribution in [0.4, 0.5) is 5.69 Å². The van der Waals surface area contributed by atoms with Crippen LogP contribution in [0, 0.1) is 6.92 Å². The highest BCUT2D eigenvalue weighted by molar-refractivity contribution is 5.92. The lowest BCUT2D eigenvalue weighted by Crippen LogP contribution is -2.33. The number of methoxy groups -OCH3 is 1. The number of rotatable bonds is 6. The molecule has 0 atom stereocenters. The number of carbonyl (C=O) groups is 1. The molecule has 0 spiro atoms. The molecule has 0 saturated carbocycles. The molecule has 1 heterocycles. The van der Waals surface area contributed by atoms with E-state index in [4.69, 9.17) is 9.47 Å². The van der Waals surface area contributed by atoms with Crippen molar-refractivity contribution in [1.29, 1.82) is 0 Å². The Kier molecular flexibility index (Phi) is 6.02. The first-order valence-electron chi connectivity index (χ1n) is 7.46. The van der Waals surface area contributed by atoms with Crippen LogP contribution in [0.5, 0.6) is 5.75 Å². The molecule has 0 unspecified atom stereocenters. The lowest BCUT2D eigenvalue weighted by molar-refractivity contribution is -0.117. The number of benzene rings is 1. The van der Waals surface area contributed by atoms with E-state index < -0.39 is 0 Å². The Morgan fingerprint density at radius 1 is 1.38 bits per heavy atom. The number of anilines is 1. The summed E-state index contributed by atoms with van der Waals surface area (Å²) in [5.74, 6) is 0.626. The highest BCUT2D eigenvalue weighted by Crippen LogP contribution is 2.25. The molecule has 1 amide bonds. The van der Waals surface area contributed by atoms with Crippen molar-refractivity contribution in [2.45, 2.75) is 32.3 Å². The Morgan fingerprint density at radius 2 is 2.14 bits per heavy atom. The fourth-order valence-electron chi connectivity index (χ4n) is 2.41. The number of aryl methyl sites for hydroxylation is 1. The van der Waals surface area contributed by atoms with Crippen molar-refractivity contribution in [2.75, 3.05) is 32.1 Å². The number of amides is 1. The van der Waals surface area contributed by atoms with Crippen LogP contribution in [-0.2, 0) is 9.53 Å². The first-order valence-corrected chi connectivity index (χ1v) is 7.46. The minimum atomic E-state index is -0.0483. The fourth-order valence-corrected chi connectivity index (χ4v) is 2.41. The quantitative estimate of drug-likeness (QED) is 0.843. The van der Waals surface area contributed by atoms with Gasteiger partial charge >= 0.3 is 0 Å². The fraction of sp³-hybridized carbons (Fsp3) is 0.562. The van der Waals surface area contributed by atoms with Gasteiger partial charge in [-0.05, 0) is 50.6 Å². The molecule has 1 aromatic rings. The Hall–Kier alpha value is -1.59. The first kappa shape index (κ1) is 15.8. The standard InChI is InChI=1S/C16H24N2O3/c1-12-3-4-15(20-2)14(11-12)18-16(19)7-10-21-13-5-8-17-9-6-13/h3-4,11,13,17H,5-10H2,1-2H3,(H,18,19). The third-order valence-corrected chi connectivity index (χ3v) is 3.60. The van der Waals surface area contributed by atoms with Gasteiger partial charge in [-0.3, -0.25) is 4.79 Å². The lowest BCUT2D eigenvalue weighted by Gasteiger charge is -2.22. The van der Waals surface area contributed by atoms with Crippen molar-refractivity contribution in [3.05, 3.63) is 23.8 Å². The largest absolute Gasteiger partial charge is 0.495 e. The van der Waals surface area contributed by atoms with E-state index in [0.29, 0.717) is 24.5 Å². The van der Waals surface area contributed by atoms with Crippen molar-refractivity contribution in [3.63, 3.8) is 0 Å². The molecule has 5 nitrogen and oxygen atoms in total. The van der Waals surface area contributed by atoms with Crippen LogP contribution in [0.1, 0.15) is 24.8 Å². The van der Waals surface area contributed by atoms with Crippen molar-refractivity contribution in [2.24, 2.45) is 0 Å². The van der Waals surface area contributed by atoms with Gasteiger partial charge in [-0.15, -0.1) is 0 Å². The van der Waals surface area contributed by atoms with Crippen LogP contribution < -0.4 is 15.4 Å². The second-order valence-corrected chi connectivity index (χ2v) is 5.32. The van der Waals surface area contributed by atoms with Gasteiger partial charge < -0.3 is 20.1 Å². The summed E-state index contributed by atoms with van der Waals surface area (Å²) in [4.78, 5) is 12.0. The van der Waals surface area contributed by atoms with Gasteiger partial charge in [-0.25, -0.2) is 0 Å². The highest BCUT2D eigenvalue weighted by atomic mass is 16.5. The molecule has 5 heteroatoms. The van der Waals surface area contributed by atoms with Crippen LogP contribution in [0.3, 0.4) is 0 Å². The van der Waals surface area contributed by atoms with Gasteiger partial charge in [0.2, 0.25) is 5.91 Å². The van der Waals surface area contributed by atoms with Gasteiger partial charge in [0, 0.05) is 0 Å². The van der Waals surface area contributed by atoms with Crippen LogP contribution in [0.2, 0.25) is 0 Å². The number of piperidine rings is 1. The molecule has 0 aliphatic carbocycles. The molecule has 2 N–H and O–H groups in total. The van der Waals surface area contributed by atoms with E-state index in [1.165, 1.54) is 0 Å². The molecule has 21 heavy (non-hydrogen) atoms. The monoisotopic (exact) mass is 292 g/mol. The summed E-state index contributed by atoms with van der Waals surface area (Å²) in [5.41, 5.74) is 1.79. The normalized spacial score (nSPS) is 15.7. The number of hydrogen-bond donors (Lipinski definition) is 2. The summed E-state index contributed by atoms with van der Waals surface area (Å²) >= 11 is 0. The van der Waals surface area contributed by atoms with Crippen molar-refractivity contribution in [3.8, 4) is 5.75 Å². The predicted molar refractivity (Wildman–Crippen MR) is 82.8 cm³/mol. The summed E-state index contributed by atoms with van der Waals surface area (Å²) < 4.78 is 11.0. The van der Waals surface area contributed by atoms with Crippen molar-refractivity contribution in [1.82, 2.24) is 5.32 Å². The average molecular weight is 292 g/mol. The van der Waals surface area contributed by atoms with Crippen LogP contribution >= 0.6 is 0 Å². The van der Waals surface area contributed by atoms with E-state index in [1.54, 1.807) is 7.11 Å². The molecule has 0 radical (unpaired) electrons. The second kappa shape index (κ2) is 8.00. The van der Waals surface area contributed by atoms with Gasteiger partial charge in [-0.2, -0.15) is 0 Å². The van der Waals surface area contributed by atoms with E-state index in [1.807, 2.05) is 25.1 Å². The van der Waals surface area contributed by atoms with E-state index in [-0.39, 0.29) is 12.0 Å². The summed E-state index contributed by atoms with van der Waals surface area (Å²) in [6.07, 6.45) is 2.69. The molecule has 1 aliphatic rings. The van der Waals surface area contributed by atoms with E-state index in [2.05, 4.69) is 10.6 Å². The zero-order valence-corrected chi connectivity index (χ0v) is 12.8. The number of hydrogen-bond acceptors (Lipinski definition) is 4. The SMILES string of the molecule is COc1ccc(C)cc1NC(=O)CCOC1CCNCC1. The van der Waals surface area contributed by atoms with E-state index in [9.17, 15) is 4.79 Å². The molecular weight excluding hydrogens is 268 g/mol. The van der Waals surface area contributed by atoms with Crippen molar-refractivity contribution >= 4 is 11.6 Å². The Morgan fingerprint density at radius 3 is 2.86 bits per heavy atom. The van der Waals surface area contributed by atoms with Crippen LogP contribution in [0.25, 0.3) is 0 Å². The molecule has 2 rings (SSSR count). The van der Waals surface area contributed by atoms with Crippen LogP contribution in [0.15, 0.2) is 18.2 Å². The maximum absolute atomic E-state index is 12.0. The minimum absolute atomic E-state index is 0.0483. The number of carbonyl (C=O) groups excluding carboxylic acids is 1. The van der Waals surface area contributed by atoms with Gasteiger partial charge in [-0.1, -0.05) is 6.07 Å². The zero-order chi connectivity index (χ0) is 15.1. The smallest absolute Gasteiger partial charge is 0.226 e. The Labute approximate surface area is 126 Å². The van der Waals surface area contributed by atoms with Gasteiger partial charge in [0.05, 0.1) is 31.9 Å². The molecule has 1 aliphatic heterocycles. The number of ether oxygens (including phenoxy) is 2. The molecule has 1 saturated heterocycles. The maximum atomic E-state index is 12.0. The molecule has 116 valence electrons. The molecule has 1 fully saturated rings. The summed E-state index contributed by atoms with van der Waals surface area (Å²) in [6.45, 7) is 4.44. The lowest BCUT2D eigenvalue weighted by atomic mass is 10.1. The zero-order valence-electron chi connectivity index (χ0n) is 12.8. The van der Waals surface area contributed by atoms with Gasteiger partial charge in [0.15, 0.2) is 0 Å². The molecule has 0 aromatic heterocycles. The maximum Gasteiger partial charge on any atom is 0.226 e. The molecule has 0 bridgehead atoms. The van der Waals surface area contributed by atoms with Gasteiger partial charge in [0.25, 0.3) is 0 Å². The third-order valence-electron chi connectivity index (χ3n) is 3.60. The summed E-state index contributed by atoms with van der Waals surface area (Å²) in [7, 11) is 1.60. The minimum Gasteiger partial charge on any atom is -0.495 e. The molecule has 1 aromatic carbocycles. The highest BCUT2D eigenvalue weighted by Gasteiger charge is 2.14. The Bertz CT molecular complexity index is 471. The first-order chi connectivity index (χ1) is 10.2. The number of nitrogens with one attached hydrogen (secondary N) is 2. The Balaban J connectivity index is 1.77. The second-order valence-electron chi connectivity index (χ2n) is 5.32. The predicted octanol–water partition coefficient (Wildman–Crippen LogP) is 2.10. The summed E-state index contributed by atoms with van der Waals surface area (Å²) in [6, 6.07) is 5.72. The molecular formula is C16H24N2O3. The third kappa shape index (κ3) is 5.02. The topological polar surface area (TPSA) is 59.6 Å². The van der Waals surface area contributed by atoms with E-state index >= 15 is 0 Å².